The van der Waals surface area contributed by atoms with Gasteiger partial charge >= 0.3 is 0 Å². The van der Waals surface area contributed by atoms with Gasteiger partial charge in [0, 0.05) is 0 Å². The first-order valence-corrected chi connectivity index (χ1v) is 15.0. The molecule has 0 bridgehead atoms. The van der Waals surface area contributed by atoms with Gasteiger partial charge in [-0.25, -0.2) is 0 Å². The summed E-state index contributed by atoms with van der Waals surface area (Å²) in [5.74, 6) is 0. The summed E-state index contributed by atoms with van der Waals surface area (Å²) < 4.78 is 39.1. The van der Waals surface area contributed by atoms with Crippen LogP contribution in [-0.4, -0.2) is 74.3 Å². The van der Waals surface area contributed by atoms with Crippen LogP contribution in [0.15, 0.2) is 0 Å². The van der Waals surface area contributed by atoms with Gasteiger partial charge in [-0.15, -0.1) is 0 Å². The standard InChI is InChI=1S/C30H58O6/c1-21(2)33-27(19-31-25-15-11-9-12-16-25)29(35-23(5)6)30(36-24(7)8)28(34-22(3)4)20-32-26-17-13-10-14-18-26/h21-30H,9-20H2,1-8H3/t27-,28+,29-,30-/m1/s1. The van der Waals surface area contributed by atoms with Crippen molar-refractivity contribution in [2.24, 2.45) is 0 Å². The topological polar surface area (TPSA) is 55.4 Å². The van der Waals surface area contributed by atoms with E-state index >= 15 is 0 Å². The van der Waals surface area contributed by atoms with Gasteiger partial charge in [0.05, 0.1) is 49.8 Å². The quantitative estimate of drug-likeness (QED) is 0.211. The maximum atomic E-state index is 6.61. The SMILES string of the molecule is CC(C)O[C@@H]([C@H](OC(C)C)[C@@H](COC1CCCCC1)OC(C)C)[C@H](COC1CCCCC1)OC(C)C. The van der Waals surface area contributed by atoms with Crippen LogP contribution in [0.25, 0.3) is 0 Å². The first kappa shape index (κ1) is 32.0. The molecule has 0 aromatic carbocycles. The van der Waals surface area contributed by atoms with Gasteiger partial charge < -0.3 is 28.4 Å². The minimum Gasteiger partial charge on any atom is -0.375 e. The minimum absolute atomic E-state index is 0.0140. The lowest BCUT2D eigenvalue weighted by Gasteiger charge is -2.41. The molecular weight excluding hydrogens is 456 g/mol. The molecule has 2 aliphatic rings. The molecule has 0 N–H and O–H groups in total. The third-order valence-corrected chi connectivity index (χ3v) is 6.91. The fraction of sp³-hybridized carbons (Fsp3) is 1.00. The summed E-state index contributed by atoms with van der Waals surface area (Å²) in [5, 5.41) is 0. The van der Waals surface area contributed by atoms with E-state index < -0.39 is 0 Å². The van der Waals surface area contributed by atoms with Crippen LogP contribution in [0.3, 0.4) is 0 Å². The molecule has 0 spiro atoms. The van der Waals surface area contributed by atoms with Gasteiger partial charge in [0.25, 0.3) is 0 Å². The number of hydrogen-bond acceptors (Lipinski definition) is 6. The molecule has 0 saturated heterocycles. The summed E-state index contributed by atoms with van der Waals surface area (Å²) in [5.41, 5.74) is 0. The predicted octanol–water partition coefficient (Wildman–Crippen LogP) is 6.86. The Morgan fingerprint density at radius 3 is 1.03 bits per heavy atom. The van der Waals surface area contributed by atoms with E-state index in [-0.39, 0.29) is 48.8 Å². The summed E-state index contributed by atoms with van der Waals surface area (Å²) in [6.45, 7) is 17.6. The van der Waals surface area contributed by atoms with Crippen molar-refractivity contribution in [3.05, 3.63) is 0 Å². The van der Waals surface area contributed by atoms with Gasteiger partial charge in [-0.2, -0.15) is 0 Å². The van der Waals surface area contributed by atoms with Crippen LogP contribution < -0.4 is 0 Å². The Labute approximate surface area is 222 Å². The Balaban J connectivity index is 2.27. The van der Waals surface area contributed by atoms with Crippen molar-refractivity contribution in [3.8, 4) is 0 Å². The van der Waals surface area contributed by atoms with E-state index in [1.54, 1.807) is 0 Å². The average Bonchev–Trinajstić information content (AvgIpc) is 2.82. The average molecular weight is 515 g/mol. The third kappa shape index (κ3) is 12.5. The Hall–Kier alpha value is -0.240. The number of rotatable bonds is 17. The van der Waals surface area contributed by atoms with Gasteiger partial charge in [0.15, 0.2) is 0 Å². The van der Waals surface area contributed by atoms with Crippen LogP contribution >= 0.6 is 0 Å². The molecule has 214 valence electrons. The Bertz CT molecular complexity index is 492. The Kier molecular flexibility index (Phi) is 15.4. The van der Waals surface area contributed by atoms with Gasteiger partial charge in [-0.3, -0.25) is 0 Å². The molecular formula is C30H58O6. The summed E-state index contributed by atoms with van der Waals surface area (Å²) >= 11 is 0. The van der Waals surface area contributed by atoms with E-state index in [0.29, 0.717) is 25.4 Å². The van der Waals surface area contributed by atoms with Crippen LogP contribution in [0.2, 0.25) is 0 Å². The highest BCUT2D eigenvalue weighted by Crippen LogP contribution is 2.27. The lowest BCUT2D eigenvalue weighted by atomic mass is 9.97. The molecule has 2 fully saturated rings. The molecule has 0 aromatic heterocycles. The van der Waals surface area contributed by atoms with E-state index in [1.165, 1.54) is 38.5 Å². The van der Waals surface area contributed by atoms with E-state index in [9.17, 15) is 0 Å². The second kappa shape index (κ2) is 17.4. The zero-order valence-corrected chi connectivity index (χ0v) is 24.7. The molecule has 0 radical (unpaired) electrons. The molecule has 2 aliphatic carbocycles. The smallest absolute Gasteiger partial charge is 0.115 e. The molecule has 36 heavy (non-hydrogen) atoms. The lowest BCUT2D eigenvalue weighted by Crippen LogP contribution is -2.55. The van der Waals surface area contributed by atoms with E-state index in [1.807, 2.05) is 0 Å². The van der Waals surface area contributed by atoms with Crippen molar-refractivity contribution >= 4 is 0 Å². The molecule has 2 saturated carbocycles. The van der Waals surface area contributed by atoms with Crippen LogP contribution in [0.1, 0.15) is 120 Å². The van der Waals surface area contributed by atoms with Crippen LogP contribution in [0, 0.1) is 0 Å². The van der Waals surface area contributed by atoms with Crippen molar-refractivity contribution < 1.29 is 28.4 Å². The fourth-order valence-electron chi connectivity index (χ4n) is 5.43. The van der Waals surface area contributed by atoms with Crippen molar-refractivity contribution in [2.45, 2.75) is 181 Å². The van der Waals surface area contributed by atoms with Crippen molar-refractivity contribution in [1.29, 1.82) is 0 Å². The van der Waals surface area contributed by atoms with Crippen LogP contribution in [0.4, 0.5) is 0 Å². The van der Waals surface area contributed by atoms with E-state index in [0.717, 1.165) is 25.7 Å². The summed E-state index contributed by atoms with van der Waals surface area (Å²) in [6, 6.07) is 0. The first-order valence-electron chi connectivity index (χ1n) is 15.0. The Morgan fingerprint density at radius 1 is 0.444 bits per heavy atom. The highest BCUT2D eigenvalue weighted by atomic mass is 16.6. The minimum atomic E-state index is -0.336. The maximum absolute atomic E-state index is 6.61. The highest BCUT2D eigenvalue weighted by molar-refractivity contribution is 4.89. The van der Waals surface area contributed by atoms with E-state index in [2.05, 4.69) is 55.4 Å². The molecule has 6 nitrogen and oxygen atoms in total. The number of ether oxygens (including phenoxy) is 6. The predicted molar refractivity (Wildman–Crippen MR) is 146 cm³/mol. The van der Waals surface area contributed by atoms with Crippen LogP contribution in [-0.2, 0) is 28.4 Å². The lowest BCUT2D eigenvalue weighted by molar-refractivity contribution is -0.228. The molecule has 0 aliphatic heterocycles. The highest BCUT2D eigenvalue weighted by Gasteiger charge is 2.41. The fourth-order valence-corrected chi connectivity index (χ4v) is 5.43. The monoisotopic (exact) mass is 514 g/mol. The first-order chi connectivity index (χ1) is 17.2. The molecule has 6 heteroatoms. The third-order valence-electron chi connectivity index (χ3n) is 6.91. The second-order valence-corrected chi connectivity index (χ2v) is 11.9. The normalized spacial score (nSPS) is 22.0. The van der Waals surface area contributed by atoms with Crippen molar-refractivity contribution in [2.75, 3.05) is 13.2 Å². The summed E-state index contributed by atoms with van der Waals surface area (Å²) in [4.78, 5) is 0. The molecule has 2 rings (SSSR count). The van der Waals surface area contributed by atoms with E-state index in [4.69, 9.17) is 28.4 Å². The van der Waals surface area contributed by atoms with Gasteiger partial charge in [0.1, 0.15) is 24.4 Å². The zero-order valence-electron chi connectivity index (χ0n) is 24.7. The zero-order chi connectivity index (χ0) is 26.5. The van der Waals surface area contributed by atoms with Gasteiger partial charge in [0.2, 0.25) is 0 Å². The van der Waals surface area contributed by atoms with Gasteiger partial charge in [-0.05, 0) is 81.1 Å². The second-order valence-electron chi connectivity index (χ2n) is 11.9. The summed E-state index contributed by atoms with van der Waals surface area (Å²) in [7, 11) is 0. The molecule has 0 unspecified atom stereocenters. The molecule has 4 atom stereocenters. The number of hydrogen-bond donors (Lipinski definition) is 0. The van der Waals surface area contributed by atoms with Gasteiger partial charge in [-0.1, -0.05) is 38.5 Å². The van der Waals surface area contributed by atoms with Crippen LogP contribution in [0.5, 0.6) is 0 Å². The maximum Gasteiger partial charge on any atom is 0.115 e. The van der Waals surface area contributed by atoms with Crippen molar-refractivity contribution in [3.63, 3.8) is 0 Å². The summed E-state index contributed by atoms with van der Waals surface area (Å²) in [6.07, 6.45) is 11.7. The van der Waals surface area contributed by atoms with Crippen molar-refractivity contribution in [1.82, 2.24) is 0 Å². The molecule has 0 aromatic rings. The molecule has 0 heterocycles. The molecule has 0 amide bonds. The Morgan fingerprint density at radius 2 is 0.750 bits per heavy atom. The largest absolute Gasteiger partial charge is 0.375 e.